The highest BCUT2D eigenvalue weighted by Gasteiger charge is 2.24. The van der Waals surface area contributed by atoms with E-state index in [1.54, 1.807) is 6.92 Å². The van der Waals surface area contributed by atoms with E-state index in [0.29, 0.717) is 22.9 Å². The van der Waals surface area contributed by atoms with Crippen LogP contribution < -0.4 is 0 Å². The molecule has 0 radical (unpaired) electrons. The Labute approximate surface area is 112 Å². The van der Waals surface area contributed by atoms with E-state index in [2.05, 4.69) is 19.8 Å². The van der Waals surface area contributed by atoms with Gasteiger partial charge in [0.05, 0.1) is 5.69 Å². The van der Waals surface area contributed by atoms with E-state index in [9.17, 15) is 8.42 Å². The van der Waals surface area contributed by atoms with Crippen molar-refractivity contribution in [2.24, 2.45) is 0 Å². The Bertz CT molecular complexity index is 663. The Balaban J connectivity index is 2.63. The Morgan fingerprint density at radius 1 is 1.33 bits per heavy atom. The second-order valence-electron chi connectivity index (χ2n) is 3.58. The fourth-order valence-corrected chi connectivity index (χ4v) is 3.07. The quantitative estimate of drug-likeness (QED) is 0.794. The van der Waals surface area contributed by atoms with Crippen LogP contribution in [0.1, 0.15) is 19.0 Å². The summed E-state index contributed by atoms with van der Waals surface area (Å²) in [5.41, 5.74) is 0.684. The third-order valence-electron chi connectivity index (χ3n) is 2.24. The Morgan fingerprint density at radius 3 is 2.56 bits per heavy atom. The highest BCUT2D eigenvalue weighted by Crippen LogP contribution is 2.27. The molecule has 0 unspecified atom stereocenters. The van der Waals surface area contributed by atoms with Crippen molar-refractivity contribution in [2.75, 3.05) is 0 Å². The lowest BCUT2D eigenvalue weighted by Crippen LogP contribution is -2.07. The maximum atomic E-state index is 11.4. The Kier molecular flexibility index (Phi) is 3.64. The summed E-state index contributed by atoms with van der Waals surface area (Å²) in [5.74, 6) is 0.434. The molecule has 0 aliphatic rings. The van der Waals surface area contributed by atoms with Gasteiger partial charge >= 0.3 is 0 Å². The van der Waals surface area contributed by atoms with Gasteiger partial charge in [-0.2, -0.15) is 0 Å². The molecule has 7 nitrogen and oxygen atoms in total. The molecule has 0 fully saturated rings. The van der Waals surface area contributed by atoms with Gasteiger partial charge in [-0.25, -0.2) is 8.42 Å². The van der Waals surface area contributed by atoms with Gasteiger partial charge in [-0.3, -0.25) is 4.57 Å². The van der Waals surface area contributed by atoms with Crippen LogP contribution in [0.5, 0.6) is 0 Å². The van der Waals surface area contributed by atoms with Gasteiger partial charge in [-0.15, -0.1) is 15.3 Å². The SMILES string of the molecule is CCCn1c(-c2snnc2C)nnc1S(=O)(=O)Cl. The molecule has 0 bridgehead atoms. The molecule has 2 heterocycles. The summed E-state index contributed by atoms with van der Waals surface area (Å²) in [6, 6.07) is 0. The molecule has 18 heavy (non-hydrogen) atoms. The summed E-state index contributed by atoms with van der Waals surface area (Å²) in [6.07, 6.45) is 0.732. The van der Waals surface area contributed by atoms with E-state index in [4.69, 9.17) is 10.7 Å². The first-order valence-corrected chi connectivity index (χ1v) is 8.20. The van der Waals surface area contributed by atoms with Crippen LogP contribution in [0, 0.1) is 6.92 Å². The number of hydrogen-bond donors (Lipinski definition) is 0. The first kappa shape index (κ1) is 13.4. The fraction of sp³-hybridized carbons (Fsp3) is 0.500. The second-order valence-corrected chi connectivity index (χ2v) is 6.80. The van der Waals surface area contributed by atoms with Crippen molar-refractivity contribution >= 4 is 31.3 Å². The Morgan fingerprint density at radius 2 is 2.06 bits per heavy atom. The van der Waals surface area contributed by atoms with Gasteiger partial charge in [0.2, 0.25) is 0 Å². The molecule has 0 aliphatic carbocycles. The van der Waals surface area contributed by atoms with Crippen LogP contribution in [0.25, 0.3) is 10.7 Å². The van der Waals surface area contributed by atoms with Crippen LogP contribution >= 0.6 is 22.2 Å². The highest BCUT2D eigenvalue weighted by atomic mass is 35.7. The molecular formula is C8H10ClN5O2S2. The minimum absolute atomic E-state index is 0.242. The number of halogens is 1. The van der Waals surface area contributed by atoms with Crippen molar-refractivity contribution in [3.63, 3.8) is 0 Å². The average Bonchev–Trinajstić information content (AvgIpc) is 2.84. The van der Waals surface area contributed by atoms with Crippen molar-refractivity contribution in [3.05, 3.63) is 5.69 Å². The predicted octanol–water partition coefficient (Wildman–Crippen LogP) is 1.44. The zero-order valence-electron chi connectivity index (χ0n) is 9.66. The topological polar surface area (TPSA) is 90.6 Å². The summed E-state index contributed by atoms with van der Waals surface area (Å²) >= 11 is 1.14. The lowest BCUT2D eigenvalue weighted by Gasteiger charge is -2.05. The smallest absolute Gasteiger partial charge is 0.296 e. The number of hydrogen-bond acceptors (Lipinski definition) is 7. The Hall–Kier alpha value is -1.06. The molecular weight excluding hydrogens is 298 g/mol. The third-order valence-corrected chi connectivity index (χ3v) is 4.21. The first-order chi connectivity index (χ1) is 8.45. The van der Waals surface area contributed by atoms with Crippen LogP contribution in [0.15, 0.2) is 5.16 Å². The third kappa shape index (κ3) is 2.38. The fourth-order valence-electron chi connectivity index (χ4n) is 1.50. The average molecular weight is 308 g/mol. The summed E-state index contributed by atoms with van der Waals surface area (Å²) in [5, 5.41) is 11.2. The molecule has 2 aromatic heterocycles. The minimum Gasteiger partial charge on any atom is -0.296 e. The number of aryl methyl sites for hydroxylation is 1. The molecule has 0 aromatic carbocycles. The lowest BCUT2D eigenvalue weighted by molar-refractivity contribution is 0.570. The van der Waals surface area contributed by atoms with Crippen LogP contribution in [-0.2, 0) is 15.6 Å². The van der Waals surface area contributed by atoms with Crippen molar-refractivity contribution < 1.29 is 8.42 Å². The molecule has 0 saturated heterocycles. The normalized spacial score (nSPS) is 11.9. The van der Waals surface area contributed by atoms with Crippen molar-refractivity contribution in [2.45, 2.75) is 32.0 Å². The largest absolute Gasteiger partial charge is 0.296 e. The van der Waals surface area contributed by atoms with Gasteiger partial charge in [0, 0.05) is 17.2 Å². The van der Waals surface area contributed by atoms with Gasteiger partial charge in [0.15, 0.2) is 5.82 Å². The van der Waals surface area contributed by atoms with Crippen LogP contribution in [0.2, 0.25) is 0 Å². The molecule has 0 amide bonds. The summed E-state index contributed by atoms with van der Waals surface area (Å²) in [6.45, 7) is 4.16. The second kappa shape index (κ2) is 4.90. The monoisotopic (exact) mass is 307 g/mol. The lowest BCUT2D eigenvalue weighted by atomic mass is 10.3. The minimum atomic E-state index is -3.91. The number of rotatable bonds is 4. The van der Waals surface area contributed by atoms with Crippen LogP contribution in [-0.4, -0.2) is 32.8 Å². The van der Waals surface area contributed by atoms with E-state index in [-0.39, 0.29) is 5.16 Å². The maximum absolute atomic E-state index is 11.4. The molecule has 0 N–H and O–H groups in total. The van der Waals surface area contributed by atoms with E-state index >= 15 is 0 Å². The van der Waals surface area contributed by atoms with Crippen LogP contribution in [0.4, 0.5) is 0 Å². The molecule has 98 valence electrons. The van der Waals surface area contributed by atoms with Gasteiger partial charge in [0.1, 0.15) is 4.88 Å². The highest BCUT2D eigenvalue weighted by molar-refractivity contribution is 8.13. The summed E-state index contributed by atoms with van der Waals surface area (Å²) < 4.78 is 28.1. The standard InChI is InChI=1S/C8H10ClN5O2S2/c1-3-4-14-7(6-5(2)10-13-17-6)11-12-8(14)18(9,15)16/h3-4H2,1-2H3. The van der Waals surface area contributed by atoms with E-state index < -0.39 is 9.05 Å². The first-order valence-electron chi connectivity index (χ1n) is 5.12. The van der Waals surface area contributed by atoms with Crippen molar-refractivity contribution in [1.29, 1.82) is 0 Å². The van der Waals surface area contributed by atoms with E-state index in [1.165, 1.54) is 4.57 Å². The maximum Gasteiger partial charge on any atom is 0.296 e. The van der Waals surface area contributed by atoms with Gasteiger partial charge in [0.25, 0.3) is 14.2 Å². The van der Waals surface area contributed by atoms with E-state index in [0.717, 1.165) is 18.0 Å². The molecule has 2 aromatic rings. The summed E-state index contributed by atoms with van der Waals surface area (Å²) in [4.78, 5) is 0.697. The van der Waals surface area contributed by atoms with E-state index in [1.807, 2.05) is 6.92 Å². The van der Waals surface area contributed by atoms with Gasteiger partial charge in [-0.05, 0) is 24.9 Å². The van der Waals surface area contributed by atoms with Crippen molar-refractivity contribution in [3.8, 4) is 10.7 Å². The van der Waals surface area contributed by atoms with Crippen molar-refractivity contribution in [1.82, 2.24) is 24.4 Å². The summed E-state index contributed by atoms with van der Waals surface area (Å²) in [7, 11) is 1.42. The molecule has 0 spiro atoms. The predicted molar refractivity (Wildman–Crippen MR) is 67.0 cm³/mol. The molecule has 10 heteroatoms. The molecule has 2 rings (SSSR count). The molecule has 0 atom stereocenters. The zero-order chi connectivity index (χ0) is 13.3. The molecule has 0 saturated carbocycles. The number of aromatic nitrogens is 5. The molecule has 0 aliphatic heterocycles. The van der Waals surface area contributed by atoms with Gasteiger partial charge in [-0.1, -0.05) is 11.4 Å². The number of nitrogens with zero attached hydrogens (tertiary/aromatic N) is 5. The van der Waals surface area contributed by atoms with Gasteiger partial charge < -0.3 is 0 Å². The van der Waals surface area contributed by atoms with Crippen LogP contribution in [0.3, 0.4) is 0 Å². The zero-order valence-corrected chi connectivity index (χ0v) is 12.1.